The second-order valence-electron chi connectivity index (χ2n) is 7.65. The summed E-state index contributed by atoms with van der Waals surface area (Å²) in [5.41, 5.74) is -0.589. The number of morpholine rings is 1. The number of carbonyl (C=O) groups excluding carboxylic acids is 2. The molecule has 0 unspecified atom stereocenters. The van der Waals surface area contributed by atoms with Gasteiger partial charge in [0.05, 0.1) is 35.8 Å². The summed E-state index contributed by atoms with van der Waals surface area (Å²) in [5, 5.41) is 9.85. The second kappa shape index (κ2) is 8.74. The Balaban J connectivity index is 1.56. The first-order valence-electron chi connectivity index (χ1n) is 10.3. The molecule has 4 rings (SSSR count). The maximum atomic E-state index is 13.2. The molecule has 2 aliphatic rings. The van der Waals surface area contributed by atoms with Crippen molar-refractivity contribution in [3.63, 3.8) is 0 Å². The molecule has 9 nitrogen and oxygen atoms in total. The summed E-state index contributed by atoms with van der Waals surface area (Å²) in [5.74, 6) is -1.09. The minimum atomic E-state index is -4.72. The molecule has 2 aromatic heterocycles. The van der Waals surface area contributed by atoms with Crippen LogP contribution in [0.4, 0.5) is 18.9 Å². The van der Waals surface area contributed by atoms with Crippen LogP contribution in [0.25, 0.3) is 0 Å². The quantitative estimate of drug-likeness (QED) is 0.694. The Morgan fingerprint density at radius 3 is 2.53 bits per heavy atom. The summed E-state index contributed by atoms with van der Waals surface area (Å²) in [6.45, 7) is 3.40. The number of nitrogens with one attached hydrogen (secondary N) is 1. The third-order valence-electron chi connectivity index (χ3n) is 5.37. The lowest BCUT2D eigenvalue weighted by Gasteiger charge is -2.27. The average Bonchev–Trinajstić information content (AvgIpc) is 3.41. The molecule has 1 N–H and O–H groups in total. The molecule has 1 saturated heterocycles. The summed E-state index contributed by atoms with van der Waals surface area (Å²) >= 11 is 5.96. The Bertz CT molecular complexity index is 1020. The molecule has 2 fully saturated rings. The number of rotatable bonds is 6. The van der Waals surface area contributed by atoms with E-state index in [1.165, 1.54) is 10.9 Å². The summed E-state index contributed by atoms with van der Waals surface area (Å²) in [7, 11) is 0. The Morgan fingerprint density at radius 2 is 1.94 bits per heavy atom. The molecule has 1 aliphatic carbocycles. The number of ether oxygens (including phenoxy) is 1. The Morgan fingerprint density at radius 1 is 1.25 bits per heavy atom. The summed E-state index contributed by atoms with van der Waals surface area (Å²) in [6.07, 6.45) is -1.99. The van der Waals surface area contributed by atoms with Gasteiger partial charge in [-0.2, -0.15) is 23.4 Å². The normalized spacial score (nSPS) is 17.0. The van der Waals surface area contributed by atoms with Crippen molar-refractivity contribution in [2.24, 2.45) is 0 Å². The molecule has 0 bridgehead atoms. The standard InChI is InChI=1S/C19H22ClF3N6O3/c1-2-28-16(18(31)27-5-7-32-8-6-27)12(9-24-28)25-13(30)10-29-15(11-3-4-11)14(20)17(26-29)19(21,22)23/h9,11H,2-8,10H2,1H3,(H,25,30). The van der Waals surface area contributed by atoms with Crippen LogP contribution >= 0.6 is 11.6 Å². The summed E-state index contributed by atoms with van der Waals surface area (Å²) < 4.78 is 47.5. The van der Waals surface area contributed by atoms with Crippen LogP contribution in [0, 0.1) is 0 Å². The van der Waals surface area contributed by atoms with E-state index >= 15 is 0 Å². The predicted octanol–water partition coefficient (Wildman–Crippen LogP) is 2.76. The summed E-state index contributed by atoms with van der Waals surface area (Å²) in [4.78, 5) is 27.3. The van der Waals surface area contributed by atoms with Crippen LogP contribution in [-0.2, 0) is 28.8 Å². The highest BCUT2D eigenvalue weighted by atomic mass is 35.5. The highest BCUT2D eigenvalue weighted by Crippen LogP contribution is 2.46. The van der Waals surface area contributed by atoms with E-state index in [2.05, 4.69) is 15.5 Å². The molecule has 174 valence electrons. The SMILES string of the molecule is CCn1ncc(NC(=O)Cn2nc(C(F)(F)F)c(Cl)c2C2CC2)c1C(=O)N1CCOCC1. The number of hydrogen-bond donors (Lipinski definition) is 1. The van der Waals surface area contributed by atoms with Crippen LogP contribution in [-0.4, -0.2) is 62.6 Å². The molecule has 2 aromatic rings. The molecule has 2 amide bonds. The molecule has 32 heavy (non-hydrogen) atoms. The van der Waals surface area contributed by atoms with Crippen molar-refractivity contribution < 1.29 is 27.5 Å². The maximum Gasteiger partial charge on any atom is 0.436 e. The van der Waals surface area contributed by atoms with Gasteiger partial charge in [0, 0.05) is 25.6 Å². The van der Waals surface area contributed by atoms with Gasteiger partial charge in [-0.3, -0.25) is 19.0 Å². The number of aromatic nitrogens is 4. The van der Waals surface area contributed by atoms with Gasteiger partial charge in [-0.05, 0) is 19.8 Å². The molecule has 13 heteroatoms. The number of amides is 2. The zero-order valence-electron chi connectivity index (χ0n) is 17.3. The molecule has 0 aromatic carbocycles. The van der Waals surface area contributed by atoms with Crippen LogP contribution in [0.5, 0.6) is 0 Å². The largest absolute Gasteiger partial charge is 0.436 e. The lowest BCUT2D eigenvalue weighted by Crippen LogP contribution is -2.41. The van der Waals surface area contributed by atoms with Gasteiger partial charge in [0.2, 0.25) is 5.91 Å². The van der Waals surface area contributed by atoms with Gasteiger partial charge >= 0.3 is 6.18 Å². The number of hydrogen-bond acceptors (Lipinski definition) is 5. The molecule has 3 heterocycles. The third kappa shape index (κ3) is 4.46. The smallest absolute Gasteiger partial charge is 0.378 e. The van der Waals surface area contributed by atoms with Gasteiger partial charge in [-0.25, -0.2) is 0 Å². The molecule has 1 aliphatic heterocycles. The van der Waals surface area contributed by atoms with Gasteiger partial charge in [-0.1, -0.05) is 11.6 Å². The number of anilines is 1. The summed E-state index contributed by atoms with van der Waals surface area (Å²) in [6, 6.07) is 0. The molecular weight excluding hydrogens is 453 g/mol. The van der Waals surface area contributed by atoms with Gasteiger partial charge in [0.15, 0.2) is 5.69 Å². The van der Waals surface area contributed by atoms with Crippen LogP contribution in [0.3, 0.4) is 0 Å². The van der Waals surface area contributed by atoms with Gasteiger partial charge in [0.1, 0.15) is 12.2 Å². The Kier molecular flexibility index (Phi) is 6.17. The average molecular weight is 475 g/mol. The highest BCUT2D eigenvalue weighted by molar-refractivity contribution is 6.32. The fourth-order valence-electron chi connectivity index (χ4n) is 3.69. The van der Waals surface area contributed by atoms with E-state index in [1.54, 1.807) is 11.8 Å². The number of carbonyl (C=O) groups is 2. The minimum absolute atomic E-state index is 0.153. The van der Waals surface area contributed by atoms with Gasteiger partial charge in [-0.15, -0.1) is 0 Å². The zero-order chi connectivity index (χ0) is 23.0. The van der Waals surface area contributed by atoms with Crippen molar-refractivity contribution in [2.45, 2.75) is 44.9 Å². The van der Waals surface area contributed by atoms with Gasteiger partial charge < -0.3 is 15.0 Å². The third-order valence-corrected chi connectivity index (χ3v) is 5.74. The number of aryl methyl sites for hydroxylation is 1. The van der Waals surface area contributed by atoms with Crippen molar-refractivity contribution in [2.75, 3.05) is 31.6 Å². The molecule has 0 spiro atoms. The topological polar surface area (TPSA) is 94.3 Å². The van der Waals surface area contributed by atoms with Crippen molar-refractivity contribution in [3.8, 4) is 0 Å². The van der Waals surface area contributed by atoms with E-state index in [-0.39, 0.29) is 28.9 Å². The van der Waals surface area contributed by atoms with Crippen molar-refractivity contribution in [3.05, 3.63) is 28.3 Å². The van der Waals surface area contributed by atoms with E-state index < -0.39 is 29.3 Å². The fourth-order valence-corrected chi connectivity index (χ4v) is 4.08. The van der Waals surface area contributed by atoms with Crippen LogP contribution in [0.2, 0.25) is 5.02 Å². The number of halogens is 4. The Labute approximate surface area is 186 Å². The molecule has 0 radical (unpaired) electrons. The van der Waals surface area contributed by atoms with Crippen LogP contribution < -0.4 is 5.32 Å². The first kappa shape index (κ1) is 22.6. The first-order valence-corrected chi connectivity index (χ1v) is 10.6. The van der Waals surface area contributed by atoms with Crippen molar-refractivity contribution in [1.82, 2.24) is 24.5 Å². The Hall–Kier alpha value is -2.60. The van der Waals surface area contributed by atoms with E-state index in [9.17, 15) is 22.8 Å². The van der Waals surface area contributed by atoms with Crippen molar-refractivity contribution >= 4 is 29.1 Å². The fraction of sp³-hybridized carbons (Fsp3) is 0.579. The number of alkyl halides is 3. The van der Waals surface area contributed by atoms with Gasteiger partial charge in [0.25, 0.3) is 5.91 Å². The van der Waals surface area contributed by atoms with E-state index in [0.717, 1.165) is 4.68 Å². The predicted molar refractivity (Wildman–Crippen MR) is 107 cm³/mol. The lowest BCUT2D eigenvalue weighted by atomic mass is 10.2. The molecular formula is C19H22ClF3N6O3. The highest BCUT2D eigenvalue weighted by Gasteiger charge is 2.42. The number of nitrogens with zero attached hydrogens (tertiary/aromatic N) is 5. The van der Waals surface area contributed by atoms with Crippen LogP contribution in [0.1, 0.15) is 47.6 Å². The van der Waals surface area contributed by atoms with Crippen molar-refractivity contribution in [1.29, 1.82) is 0 Å². The first-order chi connectivity index (χ1) is 15.2. The maximum absolute atomic E-state index is 13.2. The minimum Gasteiger partial charge on any atom is -0.378 e. The van der Waals surface area contributed by atoms with E-state index in [4.69, 9.17) is 16.3 Å². The lowest BCUT2D eigenvalue weighted by molar-refractivity contribution is -0.141. The van der Waals surface area contributed by atoms with E-state index in [1.807, 2.05) is 0 Å². The zero-order valence-corrected chi connectivity index (χ0v) is 18.0. The van der Waals surface area contributed by atoms with E-state index in [0.29, 0.717) is 45.7 Å². The van der Waals surface area contributed by atoms with Crippen LogP contribution in [0.15, 0.2) is 6.20 Å². The molecule has 0 atom stereocenters. The second-order valence-corrected chi connectivity index (χ2v) is 8.03. The molecule has 1 saturated carbocycles. The monoisotopic (exact) mass is 474 g/mol.